The number of ether oxygens (including phenoxy) is 2. The summed E-state index contributed by atoms with van der Waals surface area (Å²) in [5, 5.41) is 4.13. The van der Waals surface area contributed by atoms with Gasteiger partial charge in [0.25, 0.3) is 0 Å². The second-order valence-electron chi connectivity index (χ2n) is 6.22. The van der Waals surface area contributed by atoms with Crippen LogP contribution in [0.5, 0.6) is 11.5 Å². The molecule has 146 valence electrons. The Labute approximate surface area is 177 Å². The van der Waals surface area contributed by atoms with Crippen LogP contribution in [0.15, 0.2) is 65.1 Å². The first-order valence-corrected chi connectivity index (χ1v) is 9.91. The number of rotatable bonds is 8. The van der Waals surface area contributed by atoms with E-state index in [1.807, 2.05) is 36.4 Å². The van der Waals surface area contributed by atoms with Gasteiger partial charge in [-0.3, -0.25) is 0 Å². The van der Waals surface area contributed by atoms with E-state index in [4.69, 9.17) is 21.1 Å². The largest absolute Gasteiger partial charge is 0.493 e. The van der Waals surface area contributed by atoms with E-state index in [1.54, 1.807) is 19.2 Å². The van der Waals surface area contributed by atoms with Crippen LogP contribution in [0.4, 0.5) is 4.39 Å². The van der Waals surface area contributed by atoms with Gasteiger partial charge in [-0.15, -0.1) is 0 Å². The highest BCUT2D eigenvalue weighted by Crippen LogP contribution is 2.37. The maximum absolute atomic E-state index is 13.0. The van der Waals surface area contributed by atoms with Crippen molar-refractivity contribution in [2.75, 3.05) is 7.11 Å². The van der Waals surface area contributed by atoms with E-state index < -0.39 is 0 Å². The lowest BCUT2D eigenvalue weighted by molar-refractivity contribution is 0.282. The van der Waals surface area contributed by atoms with Gasteiger partial charge in [-0.05, 0) is 63.0 Å². The van der Waals surface area contributed by atoms with Crippen molar-refractivity contribution in [3.05, 3.63) is 92.7 Å². The second-order valence-corrected chi connectivity index (χ2v) is 7.48. The summed E-state index contributed by atoms with van der Waals surface area (Å²) in [4.78, 5) is 0. The lowest BCUT2D eigenvalue weighted by Gasteiger charge is -2.15. The zero-order valence-corrected chi connectivity index (χ0v) is 17.7. The third-order valence-electron chi connectivity index (χ3n) is 4.19. The van der Waals surface area contributed by atoms with Crippen molar-refractivity contribution in [2.24, 2.45) is 0 Å². The van der Waals surface area contributed by atoms with Crippen molar-refractivity contribution in [1.29, 1.82) is 0 Å². The number of hydrogen-bond acceptors (Lipinski definition) is 3. The Kier molecular flexibility index (Phi) is 7.31. The summed E-state index contributed by atoms with van der Waals surface area (Å²) < 4.78 is 25.2. The Morgan fingerprint density at radius 3 is 2.46 bits per heavy atom. The van der Waals surface area contributed by atoms with Crippen molar-refractivity contribution in [3.63, 3.8) is 0 Å². The molecule has 0 fully saturated rings. The average Bonchev–Trinajstić information content (AvgIpc) is 2.69. The maximum atomic E-state index is 13.0. The topological polar surface area (TPSA) is 30.5 Å². The van der Waals surface area contributed by atoms with Gasteiger partial charge in [0, 0.05) is 18.1 Å². The number of methoxy groups -OCH3 is 1. The molecule has 6 heteroatoms. The SMILES string of the molecule is COc1cc(CNCc2ccccc2Cl)cc(Br)c1OCc1ccc(F)cc1. The van der Waals surface area contributed by atoms with Crippen LogP contribution in [0.2, 0.25) is 5.02 Å². The highest BCUT2D eigenvalue weighted by molar-refractivity contribution is 9.10. The molecule has 0 radical (unpaired) electrons. The van der Waals surface area contributed by atoms with Gasteiger partial charge in [-0.25, -0.2) is 4.39 Å². The monoisotopic (exact) mass is 463 g/mol. The number of hydrogen-bond donors (Lipinski definition) is 1. The van der Waals surface area contributed by atoms with Crippen molar-refractivity contribution >= 4 is 27.5 Å². The smallest absolute Gasteiger partial charge is 0.175 e. The van der Waals surface area contributed by atoms with E-state index >= 15 is 0 Å². The lowest BCUT2D eigenvalue weighted by Crippen LogP contribution is -2.13. The molecule has 1 N–H and O–H groups in total. The van der Waals surface area contributed by atoms with Crippen molar-refractivity contribution < 1.29 is 13.9 Å². The number of nitrogens with one attached hydrogen (secondary N) is 1. The fourth-order valence-corrected chi connectivity index (χ4v) is 3.54. The Balaban J connectivity index is 1.65. The van der Waals surface area contributed by atoms with Crippen LogP contribution in [0.25, 0.3) is 0 Å². The standard InChI is InChI=1S/C22H20BrClFNO2/c1-27-21-11-16(12-26-13-17-4-2-3-5-20(17)24)10-19(23)22(21)28-14-15-6-8-18(25)9-7-15/h2-11,26H,12-14H2,1H3. The summed E-state index contributed by atoms with van der Waals surface area (Å²) in [7, 11) is 1.60. The normalized spacial score (nSPS) is 10.7. The highest BCUT2D eigenvalue weighted by atomic mass is 79.9. The molecule has 0 aromatic heterocycles. The molecular weight excluding hydrogens is 445 g/mol. The molecule has 0 aliphatic heterocycles. The van der Waals surface area contributed by atoms with E-state index in [0.717, 1.165) is 26.2 Å². The lowest BCUT2D eigenvalue weighted by atomic mass is 10.1. The molecule has 3 rings (SSSR count). The van der Waals surface area contributed by atoms with E-state index in [-0.39, 0.29) is 5.82 Å². The summed E-state index contributed by atoms with van der Waals surface area (Å²) in [5.74, 6) is 0.976. The van der Waals surface area contributed by atoms with Crippen molar-refractivity contribution in [1.82, 2.24) is 5.32 Å². The molecule has 0 saturated carbocycles. The molecule has 28 heavy (non-hydrogen) atoms. The molecule has 3 nitrogen and oxygen atoms in total. The van der Waals surface area contributed by atoms with Gasteiger partial charge in [0.15, 0.2) is 11.5 Å². The Morgan fingerprint density at radius 1 is 1.00 bits per heavy atom. The summed E-state index contributed by atoms with van der Waals surface area (Å²) in [6.45, 7) is 1.64. The van der Waals surface area contributed by atoms with Crippen LogP contribution < -0.4 is 14.8 Å². The zero-order chi connectivity index (χ0) is 19.9. The second kappa shape index (κ2) is 9.92. The third-order valence-corrected chi connectivity index (χ3v) is 5.15. The third kappa shape index (κ3) is 5.47. The predicted octanol–water partition coefficient (Wildman–Crippen LogP) is 6.12. The molecule has 0 bridgehead atoms. The summed E-state index contributed by atoms with van der Waals surface area (Å²) >= 11 is 9.75. The number of benzene rings is 3. The quantitative estimate of drug-likeness (QED) is 0.436. The summed E-state index contributed by atoms with van der Waals surface area (Å²) in [6.07, 6.45) is 0. The zero-order valence-electron chi connectivity index (χ0n) is 15.3. The predicted molar refractivity (Wildman–Crippen MR) is 113 cm³/mol. The summed E-state index contributed by atoms with van der Waals surface area (Å²) in [6, 6.07) is 17.9. The van der Waals surface area contributed by atoms with E-state index in [1.165, 1.54) is 12.1 Å². The minimum absolute atomic E-state index is 0.267. The first kappa shape index (κ1) is 20.6. The summed E-state index contributed by atoms with van der Waals surface area (Å²) in [5.41, 5.74) is 2.97. The van der Waals surface area contributed by atoms with Crippen LogP contribution in [-0.2, 0) is 19.7 Å². The molecule has 0 saturated heterocycles. The number of halogens is 3. The Bertz CT molecular complexity index is 934. The van der Waals surface area contributed by atoms with Gasteiger partial charge in [0.05, 0.1) is 11.6 Å². The molecule has 0 spiro atoms. The van der Waals surface area contributed by atoms with Crippen LogP contribution in [0, 0.1) is 5.82 Å². The van der Waals surface area contributed by atoms with Crippen molar-refractivity contribution in [3.8, 4) is 11.5 Å². The van der Waals surface area contributed by atoms with E-state index in [9.17, 15) is 4.39 Å². The van der Waals surface area contributed by atoms with Gasteiger partial charge in [-0.1, -0.05) is 41.9 Å². The van der Waals surface area contributed by atoms with Crippen LogP contribution in [-0.4, -0.2) is 7.11 Å². The molecule has 0 heterocycles. The van der Waals surface area contributed by atoms with Gasteiger partial charge >= 0.3 is 0 Å². The molecule has 3 aromatic carbocycles. The molecule has 0 atom stereocenters. The highest BCUT2D eigenvalue weighted by Gasteiger charge is 2.12. The Hall–Kier alpha value is -2.08. The van der Waals surface area contributed by atoms with Crippen LogP contribution in [0.1, 0.15) is 16.7 Å². The van der Waals surface area contributed by atoms with Gasteiger partial charge in [0.2, 0.25) is 0 Å². The fourth-order valence-electron chi connectivity index (χ4n) is 2.73. The molecule has 0 amide bonds. The molecule has 0 aliphatic carbocycles. The van der Waals surface area contributed by atoms with Crippen molar-refractivity contribution in [2.45, 2.75) is 19.7 Å². The first-order chi connectivity index (χ1) is 13.6. The van der Waals surface area contributed by atoms with Gasteiger partial charge in [0.1, 0.15) is 12.4 Å². The fraction of sp³-hybridized carbons (Fsp3) is 0.182. The Morgan fingerprint density at radius 2 is 1.75 bits per heavy atom. The maximum Gasteiger partial charge on any atom is 0.175 e. The molecule has 3 aromatic rings. The van der Waals surface area contributed by atoms with Crippen LogP contribution in [0.3, 0.4) is 0 Å². The molecule has 0 unspecified atom stereocenters. The van der Waals surface area contributed by atoms with E-state index in [2.05, 4.69) is 21.2 Å². The minimum Gasteiger partial charge on any atom is -0.493 e. The van der Waals surface area contributed by atoms with Gasteiger partial charge < -0.3 is 14.8 Å². The minimum atomic E-state index is -0.267. The van der Waals surface area contributed by atoms with Gasteiger partial charge in [-0.2, -0.15) is 0 Å². The van der Waals surface area contributed by atoms with Crippen LogP contribution >= 0.6 is 27.5 Å². The first-order valence-electron chi connectivity index (χ1n) is 8.74. The average molecular weight is 465 g/mol. The molecular formula is C22H20BrClFNO2. The van der Waals surface area contributed by atoms with E-state index in [0.29, 0.717) is 31.2 Å². The molecule has 0 aliphatic rings.